The lowest BCUT2D eigenvalue weighted by Crippen LogP contribution is -2.22. The standard InChI is InChI=1S/C24H20N6O2S/c1-16(22-26-27-28-30(22)17-9-4-3-5-10-17)33-24-25-21-14-7-6-13-20(21)23(31)29(24)18-11-8-12-19(15-18)32-2/h3-16H,1-2H3. The van der Waals surface area contributed by atoms with Gasteiger partial charge in [-0.15, -0.1) is 5.10 Å². The van der Waals surface area contributed by atoms with Crippen LogP contribution < -0.4 is 10.3 Å². The number of rotatable bonds is 6. The molecule has 5 rings (SSSR count). The quantitative estimate of drug-likeness (QED) is 0.279. The highest BCUT2D eigenvalue weighted by Gasteiger charge is 2.21. The van der Waals surface area contributed by atoms with Crippen LogP contribution >= 0.6 is 11.8 Å². The maximum atomic E-state index is 13.5. The van der Waals surface area contributed by atoms with Gasteiger partial charge in [-0.1, -0.05) is 48.2 Å². The smallest absolute Gasteiger partial charge is 0.266 e. The molecule has 1 unspecified atom stereocenters. The Morgan fingerprint density at radius 1 is 0.939 bits per heavy atom. The first-order valence-corrected chi connectivity index (χ1v) is 11.2. The van der Waals surface area contributed by atoms with Crippen LogP contribution in [0.5, 0.6) is 5.75 Å². The number of aromatic nitrogens is 6. The van der Waals surface area contributed by atoms with Crippen LogP contribution in [-0.4, -0.2) is 36.9 Å². The number of hydrogen-bond donors (Lipinski definition) is 0. The van der Waals surface area contributed by atoms with Crippen molar-refractivity contribution in [1.29, 1.82) is 0 Å². The number of tetrazole rings is 1. The van der Waals surface area contributed by atoms with E-state index in [4.69, 9.17) is 9.72 Å². The molecule has 0 spiro atoms. The molecular formula is C24H20N6O2S. The van der Waals surface area contributed by atoms with Crippen LogP contribution in [0.1, 0.15) is 18.0 Å². The summed E-state index contributed by atoms with van der Waals surface area (Å²) >= 11 is 1.42. The average molecular weight is 457 g/mol. The molecule has 2 aromatic heterocycles. The third-order valence-corrected chi connectivity index (χ3v) is 6.25. The highest BCUT2D eigenvalue weighted by molar-refractivity contribution is 7.99. The monoisotopic (exact) mass is 456 g/mol. The Kier molecular flexibility index (Phi) is 5.62. The van der Waals surface area contributed by atoms with Gasteiger partial charge in [0, 0.05) is 6.07 Å². The molecule has 0 aliphatic heterocycles. The number of para-hydroxylation sites is 2. The molecule has 0 bridgehead atoms. The molecule has 8 nitrogen and oxygen atoms in total. The second-order valence-corrected chi connectivity index (χ2v) is 8.61. The van der Waals surface area contributed by atoms with Crippen LogP contribution in [0.15, 0.2) is 88.8 Å². The van der Waals surface area contributed by atoms with E-state index in [0.29, 0.717) is 33.3 Å². The van der Waals surface area contributed by atoms with Crippen molar-refractivity contribution in [2.45, 2.75) is 17.3 Å². The molecular weight excluding hydrogens is 436 g/mol. The van der Waals surface area contributed by atoms with Crippen molar-refractivity contribution in [1.82, 2.24) is 29.8 Å². The number of methoxy groups -OCH3 is 1. The zero-order valence-electron chi connectivity index (χ0n) is 18.0. The summed E-state index contributed by atoms with van der Waals surface area (Å²) in [5.74, 6) is 1.32. The van der Waals surface area contributed by atoms with Gasteiger partial charge in [0.15, 0.2) is 11.0 Å². The minimum absolute atomic E-state index is 0.147. The molecule has 0 aliphatic carbocycles. The van der Waals surface area contributed by atoms with Crippen LogP contribution in [0.2, 0.25) is 0 Å². The van der Waals surface area contributed by atoms with E-state index in [1.165, 1.54) is 11.8 Å². The summed E-state index contributed by atoms with van der Waals surface area (Å²) < 4.78 is 8.69. The minimum atomic E-state index is -0.190. The Morgan fingerprint density at radius 3 is 2.52 bits per heavy atom. The first-order valence-electron chi connectivity index (χ1n) is 10.3. The maximum Gasteiger partial charge on any atom is 0.266 e. The van der Waals surface area contributed by atoms with Crippen molar-refractivity contribution in [3.63, 3.8) is 0 Å². The molecule has 0 N–H and O–H groups in total. The van der Waals surface area contributed by atoms with Gasteiger partial charge in [-0.2, -0.15) is 4.68 Å². The summed E-state index contributed by atoms with van der Waals surface area (Å²) in [7, 11) is 1.60. The van der Waals surface area contributed by atoms with Crippen molar-refractivity contribution < 1.29 is 4.74 Å². The Balaban J connectivity index is 1.63. The van der Waals surface area contributed by atoms with Crippen LogP contribution in [0.4, 0.5) is 0 Å². The van der Waals surface area contributed by atoms with Gasteiger partial charge in [-0.25, -0.2) is 4.98 Å². The molecule has 5 aromatic rings. The van der Waals surface area contributed by atoms with Gasteiger partial charge in [0.2, 0.25) is 0 Å². The van der Waals surface area contributed by atoms with E-state index in [1.54, 1.807) is 22.4 Å². The van der Waals surface area contributed by atoms with E-state index in [2.05, 4.69) is 15.5 Å². The van der Waals surface area contributed by atoms with Crippen molar-refractivity contribution in [3.05, 3.63) is 95.0 Å². The molecule has 164 valence electrons. The van der Waals surface area contributed by atoms with Gasteiger partial charge in [-0.05, 0) is 53.7 Å². The first kappa shape index (κ1) is 20.9. The van der Waals surface area contributed by atoms with Gasteiger partial charge in [0.05, 0.1) is 34.6 Å². The lowest BCUT2D eigenvalue weighted by atomic mass is 10.2. The Bertz CT molecular complexity index is 1480. The average Bonchev–Trinajstić information content (AvgIpc) is 3.35. The third-order valence-electron chi connectivity index (χ3n) is 5.20. The number of benzene rings is 3. The van der Waals surface area contributed by atoms with Crippen molar-refractivity contribution in [2.75, 3.05) is 7.11 Å². The van der Waals surface area contributed by atoms with Gasteiger partial charge in [0.1, 0.15) is 5.75 Å². The molecule has 2 heterocycles. The SMILES string of the molecule is COc1cccc(-n2c(SC(C)c3nnnn3-c3ccccc3)nc3ccccc3c2=O)c1. The van der Waals surface area contributed by atoms with Gasteiger partial charge >= 0.3 is 0 Å². The van der Waals surface area contributed by atoms with E-state index in [-0.39, 0.29) is 10.8 Å². The molecule has 1 atom stereocenters. The summed E-state index contributed by atoms with van der Waals surface area (Å²) in [5.41, 5.74) is 2.03. The molecule has 33 heavy (non-hydrogen) atoms. The summed E-state index contributed by atoms with van der Waals surface area (Å²) in [6.45, 7) is 1.99. The van der Waals surface area contributed by atoms with E-state index in [1.807, 2.05) is 79.7 Å². The van der Waals surface area contributed by atoms with E-state index in [9.17, 15) is 4.79 Å². The normalized spacial score (nSPS) is 12.1. The molecule has 0 aliphatic rings. The van der Waals surface area contributed by atoms with E-state index < -0.39 is 0 Å². The molecule has 0 radical (unpaired) electrons. The molecule has 9 heteroatoms. The Hall–Kier alpha value is -3.98. The number of nitrogens with zero attached hydrogens (tertiary/aromatic N) is 6. The highest BCUT2D eigenvalue weighted by atomic mass is 32.2. The summed E-state index contributed by atoms with van der Waals surface area (Å²) in [4.78, 5) is 18.4. The fourth-order valence-electron chi connectivity index (χ4n) is 3.58. The van der Waals surface area contributed by atoms with Crippen LogP contribution in [0, 0.1) is 0 Å². The zero-order chi connectivity index (χ0) is 22.8. The fourth-order valence-corrected chi connectivity index (χ4v) is 4.59. The van der Waals surface area contributed by atoms with Gasteiger partial charge in [0.25, 0.3) is 5.56 Å². The molecule has 0 saturated carbocycles. The summed E-state index contributed by atoms with van der Waals surface area (Å²) in [6, 6.07) is 24.4. The maximum absolute atomic E-state index is 13.5. The summed E-state index contributed by atoms with van der Waals surface area (Å²) in [5, 5.41) is 13.2. The lowest BCUT2D eigenvalue weighted by molar-refractivity contribution is 0.414. The van der Waals surface area contributed by atoms with Crippen molar-refractivity contribution in [2.24, 2.45) is 0 Å². The van der Waals surface area contributed by atoms with Crippen molar-refractivity contribution in [3.8, 4) is 17.1 Å². The molecule has 3 aromatic carbocycles. The largest absolute Gasteiger partial charge is 0.497 e. The van der Waals surface area contributed by atoms with Gasteiger partial charge < -0.3 is 4.74 Å². The first-order chi connectivity index (χ1) is 16.2. The molecule has 0 amide bonds. The van der Waals surface area contributed by atoms with Crippen LogP contribution in [0.3, 0.4) is 0 Å². The number of hydrogen-bond acceptors (Lipinski definition) is 7. The van der Waals surface area contributed by atoms with Gasteiger partial charge in [-0.3, -0.25) is 9.36 Å². The van der Waals surface area contributed by atoms with Crippen molar-refractivity contribution >= 4 is 22.7 Å². The minimum Gasteiger partial charge on any atom is -0.497 e. The zero-order valence-corrected chi connectivity index (χ0v) is 18.8. The lowest BCUT2D eigenvalue weighted by Gasteiger charge is -2.16. The Morgan fingerprint density at radius 2 is 1.70 bits per heavy atom. The number of ether oxygens (including phenoxy) is 1. The predicted molar refractivity (Wildman–Crippen MR) is 127 cm³/mol. The molecule has 0 saturated heterocycles. The summed E-state index contributed by atoms with van der Waals surface area (Å²) in [6.07, 6.45) is 0. The fraction of sp³-hybridized carbons (Fsp3) is 0.125. The van der Waals surface area contributed by atoms with E-state index in [0.717, 1.165) is 5.69 Å². The number of fused-ring (bicyclic) bond motifs is 1. The number of thioether (sulfide) groups is 1. The predicted octanol–water partition coefficient (Wildman–Crippen LogP) is 4.22. The Labute approximate surface area is 193 Å². The second-order valence-electron chi connectivity index (χ2n) is 7.30. The second kappa shape index (κ2) is 8.87. The highest BCUT2D eigenvalue weighted by Crippen LogP contribution is 2.34. The third kappa shape index (κ3) is 3.98. The van der Waals surface area contributed by atoms with E-state index >= 15 is 0 Å². The molecule has 0 fully saturated rings. The topological polar surface area (TPSA) is 87.7 Å². The van der Waals surface area contributed by atoms with Crippen LogP contribution in [-0.2, 0) is 0 Å². The van der Waals surface area contributed by atoms with Crippen LogP contribution in [0.25, 0.3) is 22.3 Å².